The van der Waals surface area contributed by atoms with Crippen LogP contribution in [0.2, 0.25) is 0 Å². The molecule has 0 amide bonds. The Morgan fingerprint density at radius 1 is 1.11 bits per heavy atom. The van der Waals surface area contributed by atoms with Crippen molar-refractivity contribution in [2.45, 2.75) is 46.1 Å². The summed E-state index contributed by atoms with van der Waals surface area (Å²) in [5.74, 6) is -1.08. The van der Waals surface area contributed by atoms with E-state index in [2.05, 4.69) is 37.5 Å². The molecule has 0 bridgehead atoms. The Balaban J connectivity index is 2.26. The number of nitrogens with zero attached hydrogens (tertiary/aromatic N) is 1. The minimum Gasteiger partial charge on any atom is -0.478 e. The summed E-state index contributed by atoms with van der Waals surface area (Å²) in [6.07, 6.45) is 1.92. The Labute approximate surface area is 165 Å². The number of carbonyl (C=O) groups is 1. The van der Waals surface area contributed by atoms with E-state index in [0.29, 0.717) is 6.42 Å². The molecule has 2 aromatic carbocycles. The lowest BCUT2D eigenvalue weighted by Gasteiger charge is -2.21. The molecule has 3 aromatic rings. The lowest BCUT2D eigenvalue weighted by molar-refractivity contribution is -0.131. The van der Waals surface area contributed by atoms with Crippen LogP contribution in [0.4, 0.5) is 4.39 Å². The second-order valence-electron chi connectivity index (χ2n) is 7.68. The number of benzene rings is 2. The maximum atomic E-state index is 13.5. The highest BCUT2D eigenvalue weighted by Crippen LogP contribution is 2.42. The fourth-order valence-electron chi connectivity index (χ4n) is 4.09. The van der Waals surface area contributed by atoms with E-state index in [1.54, 1.807) is 0 Å². The van der Waals surface area contributed by atoms with Gasteiger partial charge < -0.3 is 9.67 Å². The Kier molecular flexibility index (Phi) is 5.68. The van der Waals surface area contributed by atoms with Gasteiger partial charge in [0.15, 0.2) is 0 Å². The molecular weight excluding hydrogens is 353 g/mol. The van der Waals surface area contributed by atoms with E-state index in [0.717, 1.165) is 33.3 Å². The highest BCUT2D eigenvalue weighted by molar-refractivity contribution is 5.98. The van der Waals surface area contributed by atoms with Crippen molar-refractivity contribution in [3.05, 3.63) is 71.7 Å². The molecule has 3 rings (SSSR count). The Morgan fingerprint density at radius 3 is 2.36 bits per heavy atom. The number of hydrogen-bond acceptors (Lipinski definition) is 1. The second-order valence-corrected chi connectivity index (χ2v) is 7.68. The lowest BCUT2D eigenvalue weighted by atomic mass is 9.91. The van der Waals surface area contributed by atoms with Gasteiger partial charge in [0.1, 0.15) is 5.82 Å². The molecule has 1 aromatic heterocycles. The molecule has 0 radical (unpaired) electrons. The number of aromatic nitrogens is 1. The van der Waals surface area contributed by atoms with Crippen LogP contribution in [0.3, 0.4) is 0 Å². The van der Waals surface area contributed by atoms with Crippen molar-refractivity contribution >= 4 is 16.9 Å². The number of carboxylic acids is 1. The van der Waals surface area contributed by atoms with Crippen LogP contribution in [0, 0.1) is 5.82 Å². The van der Waals surface area contributed by atoms with Gasteiger partial charge in [0.25, 0.3) is 0 Å². The number of para-hydroxylation sites is 1. The van der Waals surface area contributed by atoms with Gasteiger partial charge in [-0.15, -0.1) is 0 Å². The first kappa shape index (κ1) is 19.9. The number of halogens is 1. The third kappa shape index (κ3) is 3.86. The molecule has 1 atom stereocenters. The van der Waals surface area contributed by atoms with E-state index in [1.807, 2.05) is 31.2 Å². The van der Waals surface area contributed by atoms with E-state index in [4.69, 9.17) is 5.11 Å². The van der Waals surface area contributed by atoms with Crippen LogP contribution < -0.4 is 0 Å². The molecule has 1 unspecified atom stereocenters. The predicted molar refractivity (Wildman–Crippen MR) is 112 cm³/mol. The van der Waals surface area contributed by atoms with E-state index in [-0.39, 0.29) is 17.8 Å². The summed E-state index contributed by atoms with van der Waals surface area (Å²) in [6.45, 7) is 8.28. The van der Waals surface area contributed by atoms with Gasteiger partial charge >= 0.3 is 5.97 Å². The summed E-state index contributed by atoms with van der Waals surface area (Å²) >= 11 is 0. The fourth-order valence-corrected chi connectivity index (χ4v) is 4.09. The first-order chi connectivity index (χ1) is 13.3. The Bertz CT molecular complexity index is 1030. The third-order valence-corrected chi connectivity index (χ3v) is 5.06. The molecule has 146 valence electrons. The maximum absolute atomic E-state index is 13.5. The Hall–Kier alpha value is -2.88. The summed E-state index contributed by atoms with van der Waals surface area (Å²) in [5.41, 5.74) is 5.18. The molecule has 1 N–H and O–H groups in total. The molecule has 0 fully saturated rings. The zero-order valence-electron chi connectivity index (χ0n) is 16.7. The van der Waals surface area contributed by atoms with E-state index in [1.165, 1.54) is 18.2 Å². The maximum Gasteiger partial charge on any atom is 0.328 e. The molecule has 3 nitrogen and oxygen atoms in total. The minimum absolute atomic E-state index is 0.102. The smallest absolute Gasteiger partial charge is 0.328 e. The summed E-state index contributed by atoms with van der Waals surface area (Å²) in [4.78, 5) is 11.0. The highest BCUT2D eigenvalue weighted by Gasteiger charge is 2.24. The normalized spacial score (nSPS) is 13.3. The van der Waals surface area contributed by atoms with E-state index in [9.17, 15) is 9.18 Å². The summed E-state index contributed by atoms with van der Waals surface area (Å²) < 4.78 is 15.9. The molecule has 1 heterocycles. The molecule has 28 heavy (non-hydrogen) atoms. The monoisotopic (exact) mass is 379 g/mol. The van der Waals surface area contributed by atoms with Gasteiger partial charge in [0.05, 0.1) is 0 Å². The van der Waals surface area contributed by atoms with Crippen molar-refractivity contribution < 1.29 is 14.3 Å². The molecule has 0 saturated heterocycles. The third-order valence-electron chi connectivity index (χ3n) is 5.06. The van der Waals surface area contributed by atoms with Crippen molar-refractivity contribution in [1.82, 2.24) is 4.57 Å². The van der Waals surface area contributed by atoms with Crippen LogP contribution in [0.1, 0.15) is 51.8 Å². The van der Waals surface area contributed by atoms with Gasteiger partial charge in [-0.3, -0.25) is 0 Å². The molecule has 0 aliphatic heterocycles. The van der Waals surface area contributed by atoms with E-state index >= 15 is 0 Å². The van der Waals surface area contributed by atoms with Gasteiger partial charge in [-0.2, -0.15) is 0 Å². The minimum atomic E-state index is -0.923. The van der Waals surface area contributed by atoms with E-state index < -0.39 is 5.97 Å². The standard InChI is InChI=1S/C24H26FNO2/c1-15(2)26-21-8-6-5-7-20(21)23(18-9-11-19(25)12-10-18)24(26)17(4)13-16(3)14-22(27)28/h5-12,14-15,17H,13H2,1-4H3,(H,27,28). The van der Waals surface area contributed by atoms with Crippen LogP contribution >= 0.6 is 0 Å². The average molecular weight is 379 g/mol. The first-order valence-electron chi connectivity index (χ1n) is 9.58. The fraction of sp³-hybridized carbons (Fsp3) is 0.292. The van der Waals surface area contributed by atoms with Crippen LogP contribution in [0.5, 0.6) is 0 Å². The summed E-state index contributed by atoms with van der Waals surface area (Å²) in [7, 11) is 0. The molecular formula is C24H26FNO2. The molecule has 0 aliphatic carbocycles. The van der Waals surface area contributed by atoms with Crippen molar-refractivity contribution in [2.75, 3.05) is 0 Å². The lowest BCUT2D eigenvalue weighted by Crippen LogP contribution is -2.10. The van der Waals surface area contributed by atoms with Crippen LogP contribution in [0.25, 0.3) is 22.0 Å². The van der Waals surface area contributed by atoms with Crippen molar-refractivity contribution in [1.29, 1.82) is 0 Å². The van der Waals surface area contributed by atoms with Crippen LogP contribution in [-0.4, -0.2) is 15.6 Å². The molecule has 0 saturated carbocycles. The van der Waals surface area contributed by atoms with Crippen LogP contribution in [0.15, 0.2) is 60.2 Å². The summed E-state index contributed by atoms with van der Waals surface area (Å²) in [5, 5.41) is 10.2. The van der Waals surface area contributed by atoms with Gasteiger partial charge in [-0.05, 0) is 51.0 Å². The molecule has 4 heteroatoms. The number of rotatable bonds is 6. The zero-order chi connectivity index (χ0) is 20.4. The molecule has 0 aliphatic rings. The highest BCUT2D eigenvalue weighted by atomic mass is 19.1. The summed E-state index contributed by atoms with van der Waals surface area (Å²) in [6, 6.07) is 15.1. The number of aliphatic carboxylic acids is 1. The second kappa shape index (κ2) is 8.01. The number of carboxylic acid groups (broad SMARTS) is 1. The van der Waals surface area contributed by atoms with Gasteiger partial charge in [-0.25, -0.2) is 9.18 Å². The van der Waals surface area contributed by atoms with Gasteiger partial charge in [0.2, 0.25) is 0 Å². The van der Waals surface area contributed by atoms with Gasteiger partial charge in [0, 0.05) is 40.2 Å². The average Bonchev–Trinajstić information content (AvgIpc) is 2.97. The van der Waals surface area contributed by atoms with Gasteiger partial charge in [-0.1, -0.05) is 42.8 Å². The number of fused-ring (bicyclic) bond motifs is 1. The van der Waals surface area contributed by atoms with Crippen LogP contribution in [-0.2, 0) is 4.79 Å². The van der Waals surface area contributed by atoms with Crippen molar-refractivity contribution in [3.63, 3.8) is 0 Å². The number of hydrogen-bond donors (Lipinski definition) is 1. The quantitative estimate of drug-likeness (QED) is 0.493. The Morgan fingerprint density at radius 2 is 1.75 bits per heavy atom. The zero-order valence-corrected chi connectivity index (χ0v) is 16.7. The molecule has 0 spiro atoms. The topological polar surface area (TPSA) is 42.2 Å². The first-order valence-corrected chi connectivity index (χ1v) is 9.58. The predicted octanol–water partition coefficient (Wildman–Crippen LogP) is 6.55. The SMILES string of the molecule is CC(=CC(=O)O)CC(C)c1c(-c2ccc(F)cc2)c2ccccc2n1C(C)C. The largest absolute Gasteiger partial charge is 0.478 e. The van der Waals surface area contributed by atoms with Crippen molar-refractivity contribution in [2.24, 2.45) is 0 Å². The van der Waals surface area contributed by atoms with Crippen molar-refractivity contribution in [3.8, 4) is 11.1 Å². The number of allylic oxidation sites excluding steroid dienone is 1.